The van der Waals surface area contributed by atoms with Crippen molar-refractivity contribution < 1.29 is 9.53 Å². The second kappa shape index (κ2) is 4.12. The van der Waals surface area contributed by atoms with Crippen LogP contribution in [0.3, 0.4) is 0 Å². The lowest BCUT2D eigenvalue weighted by atomic mass is 10.4. The molecule has 0 saturated heterocycles. The maximum Gasteiger partial charge on any atom is 0.341 e. The third-order valence-corrected chi connectivity index (χ3v) is 1.37. The number of aromatic amines is 1. The van der Waals surface area contributed by atoms with Crippen molar-refractivity contribution >= 4 is 21.9 Å². The van der Waals surface area contributed by atoms with Crippen LogP contribution in [0.1, 0.15) is 10.4 Å². The summed E-state index contributed by atoms with van der Waals surface area (Å²) in [7, 11) is 0. The van der Waals surface area contributed by atoms with E-state index in [1.807, 2.05) is 0 Å². The average Bonchev–Trinajstić information content (AvgIpc) is 2.52. The number of H-pyrrole nitrogens is 1. The summed E-state index contributed by atoms with van der Waals surface area (Å²) in [5.41, 5.74) is 0.450. The van der Waals surface area contributed by atoms with Crippen molar-refractivity contribution in [3.8, 4) is 0 Å². The topological polar surface area (TPSA) is 55.0 Å². The summed E-state index contributed by atoms with van der Waals surface area (Å²) in [6.07, 6.45) is 2.92. The van der Waals surface area contributed by atoms with Gasteiger partial charge in [0.1, 0.15) is 6.61 Å². The summed E-state index contributed by atoms with van der Waals surface area (Å²) in [6.45, 7) is 0.379. The van der Waals surface area contributed by atoms with Crippen molar-refractivity contribution in [2.24, 2.45) is 0 Å². The number of nitrogens with zero attached hydrogens (tertiary/aromatic N) is 1. The minimum absolute atomic E-state index is 0.349. The fourth-order valence-electron chi connectivity index (χ4n) is 0.577. The van der Waals surface area contributed by atoms with Gasteiger partial charge in [-0.25, -0.2) is 4.79 Å². The average molecular weight is 219 g/mol. The molecule has 0 aliphatic rings. The molecule has 1 heterocycles. The van der Waals surface area contributed by atoms with E-state index in [0.717, 1.165) is 0 Å². The van der Waals surface area contributed by atoms with Crippen LogP contribution in [-0.4, -0.2) is 28.1 Å². The van der Waals surface area contributed by atoms with E-state index in [9.17, 15) is 4.79 Å². The minimum atomic E-state index is -0.349. The Morgan fingerprint density at radius 2 is 2.64 bits per heavy atom. The van der Waals surface area contributed by atoms with E-state index in [0.29, 0.717) is 17.5 Å². The molecule has 0 spiro atoms. The Morgan fingerprint density at radius 3 is 3.18 bits per heavy atom. The normalized spacial score (nSPS) is 9.55. The van der Waals surface area contributed by atoms with E-state index < -0.39 is 0 Å². The smallest absolute Gasteiger partial charge is 0.341 e. The van der Waals surface area contributed by atoms with Gasteiger partial charge in [0.25, 0.3) is 0 Å². The number of carbonyl (C=O) groups excluding carboxylic acids is 1. The molecule has 5 heteroatoms. The van der Waals surface area contributed by atoms with E-state index >= 15 is 0 Å². The van der Waals surface area contributed by atoms with Crippen LogP contribution in [0.2, 0.25) is 0 Å². The molecule has 1 rings (SSSR count). The predicted octanol–water partition coefficient (Wildman–Crippen LogP) is 0.961. The maximum absolute atomic E-state index is 11.0. The number of hydrogen-bond donors (Lipinski definition) is 1. The molecule has 0 radical (unpaired) electrons. The van der Waals surface area contributed by atoms with Crippen LogP contribution in [0.5, 0.6) is 0 Å². The van der Waals surface area contributed by atoms with Crippen LogP contribution in [0.4, 0.5) is 0 Å². The highest BCUT2D eigenvalue weighted by Crippen LogP contribution is 1.97. The highest BCUT2D eigenvalue weighted by atomic mass is 79.9. The zero-order valence-electron chi connectivity index (χ0n) is 5.71. The molecule has 0 aliphatic carbocycles. The van der Waals surface area contributed by atoms with Crippen molar-refractivity contribution in [2.75, 3.05) is 11.9 Å². The number of rotatable bonds is 3. The lowest BCUT2D eigenvalue weighted by molar-refractivity contribution is 0.0531. The van der Waals surface area contributed by atoms with Crippen LogP contribution < -0.4 is 0 Å². The standard InChI is InChI=1S/C6H7BrN2O2/c7-1-2-11-6(10)5-3-8-9-4-5/h3-4H,1-2H2,(H,8,9). The van der Waals surface area contributed by atoms with Crippen molar-refractivity contribution in [1.82, 2.24) is 10.2 Å². The van der Waals surface area contributed by atoms with E-state index in [1.54, 1.807) is 0 Å². The molecule has 4 nitrogen and oxygen atoms in total. The molecule has 0 aliphatic heterocycles. The van der Waals surface area contributed by atoms with Gasteiger partial charge in [-0.2, -0.15) is 5.10 Å². The second-order valence-electron chi connectivity index (χ2n) is 1.81. The lowest BCUT2D eigenvalue weighted by Crippen LogP contribution is -2.05. The first-order chi connectivity index (χ1) is 5.34. The third-order valence-electron chi connectivity index (χ3n) is 1.04. The molecular formula is C6H7BrN2O2. The van der Waals surface area contributed by atoms with Crippen LogP contribution in [-0.2, 0) is 4.74 Å². The lowest BCUT2D eigenvalue weighted by Gasteiger charge is -1.97. The number of esters is 1. The summed E-state index contributed by atoms with van der Waals surface area (Å²) >= 11 is 3.14. The summed E-state index contributed by atoms with van der Waals surface area (Å²) < 4.78 is 4.79. The van der Waals surface area contributed by atoms with Crippen LogP contribution >= 0.6 is 15.9 Å². The van der Waals surface area contributed by atoms with Gasteiger partial charge < -0.3 is 4.74 Å². The van der Waals surface area contributed by atoms with Gasteiger partial charge in [-0.05, 0) is 0 Å². The van der Waals surface area contributed by atoms with E-state index in [4.69, 9.17) is 4.74 Å². The predicted molar refractivity (Wildman–Crippen MR) is 42.7 cm³/mol. The first-order valence-electron chi connectivity index (χ1n) is 3.06. The quantitative estimate of drug-likeness (QED) is 0.608. The fraction of sp³-hybridized carbons (Fsp3) is 0.333. The Bertz CT molecular complexity index is 222. The van der Waals surface area contributed by atoms with Crippen molar-refractivity contribution in [3.05, 3.63) is 18.0 Å². The van der Waals surface area contributed by atoms with Crippen molar-refractivity contribution in [1.29, 1.82) is 0 Å². The Labute approximate surface area is 72.1 Å². The first-order valence-corrected chi connectivity index (χ1v) is 4.18. The zero-order chi connectivity index (χ0) is 8.10. The number of aromatic nitrogens is 2. The number of carbonyl (C=O) groups is 1. The highest BCUT2D eigenvalue weighted by molar-refractivity contribution is 9.09. The van der Waals surface area contributed by atoms with E-state index in [2.05, 4.69) is 26.1 Å². The maximum atomic E-state index is 11.0. The third kappa shape index (κ3) is 2.34. The zero-order valence-corrected chi connectivity index (χ0v) is 7.30. The van der Waals surface area contributed by atoms with Gasteiger partial charge >= 0.3 is 5.97 Å². The molecule has 11 heavy (non-hydrogen) atoms. The monoisotopic (exact) mass is 218 g/mol. The summed E-state index contributed by atoms with van der Waals surface area (Å²) in [5.74, 6) is -0.349. The van der Waals surface area contributed by atoms with E-state index in [1.165, 1.54) is 12.4 Å². The van der Waals surface area contributed by atoms with Gasteiger partial charge in [-0.15, -0.1) is 0 Å². The molecule has 0 amide bonds. The van der Waals surface area contributed by atoms with Crippen LogP contribution in [0.15, 0.2) is 12.4 Å². The number of alkyl halides is 1. The van der Waals surface area contributed by atoms with Gasteiger partial charge in [0, 0.05) is 11.5 Å². The van der Waals surface area contributed by atoms with Crippen LogP contribution in [0, 0.1) is 0 Å². The van der Waals surface area contributed by atoms with Crippen molar-refractivity contribution in [3.63, 3.8) is 0 Å². The van der Waals surface area contributed by atoms with Gasteiger partial charge in [0.15, 0.2) is 0 Å². The number of halogens is 1. The number of nitrogens with one attached hydrogen (secondary N) is 1. The Hall–Kier alpha value is -0.840. The molecular weight excluding hydrogens is 212 g/mol. The van der Waals surface area contributed by atoms with E-state index in [-0.39, 0.29) is 5.97 Å². The number of hydrogen-bond acceptors (Lipinski definition) is 3. The summed E-state index contributed by atoms with van der Waals surface area (Å²) in [5, 5.41) is 6.79. The molecule has 1 aromatic heterocycles. The molecule has 1 aromatic rings. The van der Waals surface area contributed by atoms with Gasteiger partial charge in [0.05, 0.1) is 11.8 Å². The highest BCUT2D eigenvalue weighted by Gasteiger charge is 2.06. The molecule has 0 atom stereocenters. The van der Waals surface area contributed by atoms with Gasteiger partial charge in [0.2, 0.25) is 0 Å². The second-order valence-corrected chi connectivity index (χ2v) is 2.60. The fourth-order valence-corrected chi connectivity index (χ4v) is 0.739. The summed E-state index contributed by atoms with van der Waals surface area (Å²) in [6, 6.07) is 0. The molecule has 0 saturated carbocycles. The van der Waals surface area contributed by atoms with Gasteiger partial charge in [-0.1, -0.05) is 15.9 Å². The first kappa shape index (κ1) is 8.26. The van der Waals surface area contributed by atoms with Gasteiger partial charge in [-0.3, -0.25) is 5.10 Å². The summed E-state index contributed by atoms with van der Waals surface area (Å²) in [4.78, 5) is 11.0. The largest absolute Gasteiger partial charge is 0.461 e. The van der Waals surface area contributed by atoms with Crippen LogP contribution in [0.25, 0.3) is 0 Å². The molecule has 60 valence electrons. The SMILES string of the molecule is O=C(OCCBr)c1cn[nH]c1. The molecule has 0 aromatic carbocycles. The minimum Gasteiger partial charge on any atom is -0.461 e. The molecule has 0 bridgehead atoms. The Morgan fingerprint density at radius 1 is 1.82 bits per heavy atom. The Balaban J connectivity index is 2.43. The molecule has 1 N–H and O–H groups in total. The van der Waals surface area contributed by atoms with Crippen molar-refractivity contribution in [2.45, 2.75) is 0 Å². The number of ether oxygens (including phenoxy) is 1. The Kier molecular flexibility index (Phi) is 3.10. The molecule has 0 unspecified atom stereocenters. The molecule has 0 fully saturated rings.